The predicted molar refractivity (Wildman–Crippen MR) is 451 cm³/mol. The van der Waals surface area contributed by atoms with Crippen molar-refractivity contribution in [2.45, 2.75) is 122 Å². The molecule has 0 bridgehead atoms. The molecular formula is C83H89F16N17O5S5. The second-order valence-corrected chi connectivity index (χ2v) is 34.0. The highest BCUT2D eigenvalue weighted by atomic mass is 32.1. The van der Waals surface area contributed by atoms with Gasteiger partial charge in [0, 0.05) is 93.9 Å². The van der Waals surface area contributed by atoms with Crippen molar-refractivity contribution in [2.75, 3.05) is 52.9 Å². The number of alkyl halides is 15. The zero-order chi connectivity index (χ0) is 92.0. The highest BCUT2D eigenvalue weighted by Crippen LogP contribution is 2.40. The van der Waals surface area contributed by atoms with Crippen molar-refractivity contribution in [3.05, 3.63) is 210 Å². The molecule has 4 N–H and O–H groups in total. The summed E-state index contributed by atoms with van der Waals surface area (Å²) in [5.74, 6) is -1.51. The molecule has 1 saturated heterocycles. The SMILES string of the molecule is CCCCCCN(C)C(=O)c1ccc(-c2cc(C(F)(F)F)n(C)n2)s1.CCCCCCNC(=O)c1ccc(-c2cc(C(F)(F)F)n(C)n2)s1.Cn1nc(-c2ccc(C(=O)NCCN3CCCC3)s2)cc1C(F)(F)F.Cn1nc(-c2ccc(C(=O)NCCc3ccccc3F)s2)cc1C(F)(F)F.Cn1nc(-c2ccc(C(=O)NCc3ccncc3)s2)cc1C(F)(F)F. The standard InChI is InChI=1S/C18H15F4N3OS.C17H22F3N3OS.C16H13F3N4OS.C16H19F3N4OS.C16H20F3N3OS/c1-25-16(18(20,21)22)10-13(24-25)14-6-7-15(27-14)17(26)23-9-8-11-4-2-3-5-12(11)19;1-4-5-6-7-10-22(2)16(24)14-9-8-13(25-14)12-11-15(17(18,19)20)23(3)21-12;1-23-14(16(17,18)19)8-11(22-23)12-2-3-13(25-12)15(24)21-9-10-4-6-20-7-5-10;1-22-14(16(17,18)19)10-11(21-22)12-4-5-13(25-12)15(24)20-6-9-23-7-2-3-8-23;1-3-4-5-6-9-20-15(23)13-8-7-12(24-13)11-10-14(16(17,18)19)22(2)21-11/h2-7,10H,8-9H2,1H3,(H,23,26);8-9,11H,4-7,10H2,1-3H3;2-8H,9H2,1H3,(H,21,24);4-5,10H,2-3,6-9H2,1H3,(H,20,24);7-8,10H,3-6,9H2,1-2H3,(H,20,23). The number of hydrogen-bond donors (Lipinski definition) is 4. The summed E-state index contributed by atoms with van der Waals surface area (Å²) in [6.07, 6.45) is -7.74. The average Bonchev–Trinajstić information content (AvgIpc) is 1.68. The van der Waals surface area contributed by atoms with Gasteiger partial charge in [-0.25, -0.2) is 4.39 Å². The van der Waals surface area contributed by atoms with Gasteiger partial charge in [-0.15, -0.1) is 56.7 Å². The number of carbonyl (C=O) groups excluding carboxylic acids is 5. The second kappa shape index (κ2) is 44.5. The third-order valence-corrected chi connectivity index (χ3v) is 24.5. The number of likely N-dealkylation sites (tertiary alicyclic amines) is 1. The quantitative estimate of drug-likeness (QED) is 0.0264. The highest BCUT2D eigenvalue weighted by Gasteiger charge is 2.40. The molecule has 1 aliphatic rings. The van der Waals surface area contributed by atoms with Crippen LogP contribution in [0.1, 0.15) is 166 Å². The second-order valence-electron chi connectivity index (χ2n) is 28.5. The minimum absolute atomic E-state index is 0.111. The predicted octanol–water partition coefficient (Wildman–Crippen LogP) is 20.1. The lowest BCUT2D eigenvalue weighted by atomic mass is 10.1. The molecule has 0 atom stereocenters. The summed E-state index contributed by atoms with van der Waals surface area (Å²) in [7, 11) is 7.97. The molecule has 5 amide bonds. The molecule has 126 heavy (non-hydrogen) atoms. The van der Waals surface area contributed by atoms with E-state index in [1.807, 2.05) is 0 Å². The number of aromatic nitrogens is 11. The molecule has 0 saturated carbocycles. The number of pyridine rings is 1. The van der Waals surface area contributed by atoms with Crippen molar-refractivity contribution in [3.8, 4) is 52.9 Å². The van der Waals surface area contributed by atoms with E-state index < -0.39 is 59.4 Å². The molecule has 22 nitrogen and oxygen atoms in total. The molecule has 43 heteroatoms. The first-order valence-electron chi connectivity index (χ1n) is 39.3. The Morgan fingerprint density at radius 3 is 1.07 bits per heavy atom. The fraction of sp³-hybridized carbons (Fsp3) is 0.386. The maximum Gasteiger partial charge on any atom is 0.433 e. The monoisotopic (exact) mass is 1870 g/mol. The van der Waals surface area contributed by atoms with Gasteiger partial charge in [0.25, 0.3) is 29.5 Å². The number of amides is 5. The van der Waals surface area contributed by atoms with E-state index in [-0.39, 0.29) is 70.4 Å². The maximum atomic E-state index is 13.5. The Balaban J connectivity index is 0.000000178. The van der Waals surface area contributed by atoms with Gasteiger partial charge in [0.05, 0.1) is 48.8 Å². The number of carbonyl (C=O) groups is 5. The van der Waals surface area contributed by atoms with Gasteiger partial charge in [-0.3, -0.25) is 52.4 Å². The average molecular weight is 1870 g/mol. The molecule has 1 aliphatic heterocycles. The normalized spacial score (nSPS) is 12.4. The molecule has 0 radical (unpaired) electrons. The number of nitrogens with one attached hydrogen (secondary N) is 4. The van der Waals surface area contributed by atoms with Gasteiger partial charge < -0.3 is 31.1 Å². The number of halogens is 16. The summed E-state index contributed by atoms with van der Waals surface area (Å²) in [5.41, 5.74) is -1.72. The van der Waals surface area contributed by atoms with Crippen LogP contribution in [0.3, 0.4) is 0 Å². The van der Waals surface area contributed by atoms with Gasteiger partial charge in [-0.05, 0) is 166 Å². The molecule has 0 aliphatic carbocycles. The number of benzene rings is 1. The fourth-order valence-electron chi connectivity index (χ4n) is 12.4. The maximum absolute atomic E-state index is 13.5. The van der Waals surface area contributed by atoms with Gasteiger partial charge in [0.1, 0.15) is 62.8 Å². The number of aryl methyl sites for hydroxylation is 5. The van der Waals surface area contributed by atoms with E-state index in [4.69, 9.17) is 0 Å². The Bertz CT molecular complexity index is 5560. The fourth-order valence-corrected chi connectivity index (χ4v) is 16.9. The number of rotatable bonds is 28. The minimum atomic E-state index is -4.50. The Labute approximate surface area is 733 Å². The first-order valence-corrected chi connectivity index (χ1v) is 43.4. The Morgan fingerprint density at radius 1 is 0.397 bits per heavy atom. The summed E-state index contributed by atoms with van der Waals surface area (Å²) in [6.45, 7) is 9.64. The molecule has 13 rings (SSSR count). The smallest absolute Gasteiger partial charge is 0.351 e. The lowest BCUT2D eigenvalue weighted by Crippen LogP contribution is -2.33. The van der Waals surface area contributed by atoms with Crippen LogP contribution in [0.15, 0.2) is 140 Å². The van der Waals surface area contributed by atoms with E-state index in [1.165, 1.54) is 60.2 Å². The number of unbranched alkanes of at least 4 members (excludes halogenated alkanes) is 6. The molecule has 1 aromatic carbocycles. The molecule has 0 spiro atoms. The van der Waals surface area contributed by atoms with E-state index in [0.29, 0.717) is 86.9 Å². The van der Waals surface area contributed by atoms with E-state index in [1.54, 1.807) is 109 Å². The van der Waals surface area contributed by atoms with Crippen LogP contribution >= 0.6 is 56.7 Å². The van der Waals surface area contributed by atoms with Crippen molar-refractivity contribution >= 4 is 86.2 Å². The minimum Gasteiger partial charge on any atom is -0.351 e. The van der Waals surface area contributed by atoms with Crippen LogP contribution in [0.5, 0.6) is 0 Å². The highest BCUT2D eigenvalue weighted by molar-refractivity contribution is 7.18. The van der Waals surface area contributed by atoms with Crippen LogP contribution in [0.2, 0.25) is 0 Å². The van der Waals surface area contributed by atoms with Crippen LogP contribution in [-0.4, -0.2) is 146 Å². The third kappa shape index (κ3) is 28.3. The Morgan fingerprint density at radius 2 is 0.722 bits per heavy atom. The van der Waals surface area contributed by atoms with Crippen LogP contribution in [0, 0.1) is 5.82 Å². The lowest BCUT2D eigenvalue weighted by molar-refractivity contribution is -0.144. The Kier molecular flexibility index (Phi) is 34.9. The molecule has 11 aromatic heterocycles. The van der Waals surface area contributed by atoms with Crippen LogP contribution in [0.4, 0.5) is 70.2 Å². The summed E-state index contributed by atoms with van der Waals surface area (Å²) in [4.78, 5) is 73.6. The summed E-state index contributed by atoms with van der Waals surface area (Å²) in [6, 6.07) is 30.8. The van der Waals surface area contributed by atoms with Crippen LogP contribution in [0.25, 0.3) is 52.9 Å². The van der Waals surface area contributed by atoms with Crippen molar-refractivity contribution in [1.29, 1.82) is 0 Å². The van der Waals surface area contributed by atoms with E-state index in [9.17, 15) is 94.2 Å². The van der Waals surface area contributed by atoms with Gasteiger partial charge in [-0.1, -0.05) is 70.6 Å². The van der Waals surface area contributed by atoms with E-state index in [0.717, 1.165) is 187 Å². The van der Waals surface area contributed by atoms with Crippen molar-refractivity contribution in [2.24, 2.45) is 35.2 Å². The van der Waals surface area contributed by atoms with Crippen molar-refractivity contribution in [3.63, 3.8) is 0 Å². The van der Waals surface area contributed by atoms with Gasteiger partial charge in [0.15, 0.2) is 0 Å². The third-order valence-electron chi connectivity index (χ3n) is 19.0. The van der Waals surface area contributed by atoms with Crippen LogP contribution < -0.4 is 21.3 Å². The number of hydrogen-bond acceptors (Lipinski definition) is 17. The molecule has 0 unspecified atom stereocenters. The lowest BCUT2D eigenvalue weighted by Gasteiger charge is -2.15. The van der Waals surface area contributed by atoms with Gasteiger partial charge >= 0.3 is 30.9 Å². The molecule has 12 aromatic rings. The van der Waals surface area contributed by atoms with E-state index >= 15 is 0 Å². The summed E-state index contributed by atoms with van der Waals surface area (Å²) in [5, 5.41) is 30.6. The Hall–Kier alpha value is -10.9. The van der Waals surface area contributed by atoms with Gasteiger partial charge in [0.2, 0.25) is 0 Å². The summed E-state index contributed by atoms with van der Waals surface area (Å²) >= 11 is 5.59. The molecule has 1 fully saturated rings. The zero-order valence-electron chi connectivity index (χ0n) is 69.2. The van der Waals surface area contributed by atoms with Crippen LogP contribution in [-0.2, 0) is 79.1 Å². The van der Waals surface area contributed by atoms with Crippen molar-refractivity contribution < 1.29 is 94.2 Å². The molecular weight excluding hydrogens is 1780 g/mol. The number of thiophene rings is 5. The largest absolute Gasteiger partial charge is 0.433 e. The number of nitrogens with zero attached hydrogens (tertiary/aromatic N) is 13. The zero-order valence-corrected chi connectivity index (χ0v) is 73.2. The van der Waals surface area contributed by atoms with E-state index in [2.05, 4.69) is 70.5 Å². The topological polar surface area (TPSA) is 242 Å². The first kappa shape index (κ1) is 98.9. The molecule has 678 valence electrons. The van der Waals surface area contributed by atoms with Crippen molar-refractivity contribution in [1.82, 2.24) is 85.0 Å². The summed E-state index contributed by atoms with van der Waals surface area (Å²) < 4.78 is 210. The van der Waals surface area contributed by atoms with Gasteiger partial charge in [-0.2, -0.15) is 91.3 Å². The first-order chi connectivity index (χ1) is 59.5. The molecule has 12 heterocycles.